The molecular formula is C15H18N4. The van der Waals surface area contributed by atoms with Gasteiger partial charge in [-0.2, -0.15) is 0 Å². The van der Waals surface area contributed by atoms with Gasteiger partial charge in [-0.15, -0.1) is 0 Å². The average Bonchev–Trinajstić information content (AvgIpc) is 2.49. The summed E-state index contributed by atoms with van der Waals surface area (Å²) >= 11 is 0. The van der Waals surface area contributed by atoms with Crippen molar-refractivity contribution < 1.29 is 0 Å². The summed E-state index contributed by atoms with van der Waals surface area (Å²) in [6.07, 6.45) is 1.92. The molecule has 0 atom stereocenters. The van der Waals surface area contributed by atoms with E-state index in [2.05, 4.69) is 34.3 Å². The number of piperazine rings is 1. The van der Waals surface area contributed by atoms with Crippen LogP contribution in [0.4, 0.5) is 5.95 Å². The molecule has 1 aliphatic rings. The Bertz CT molecular complexity index is 547. The van der Waals surface area contributed by atoms with Crippen molar-refractivity contribution in [2.24, 2.45) is 0 Å². The molecule has 98 valence electrons. The maximum atomic E-state index is 4.75. The number of rotatable bonds is 2. The fourth-order valence-corrected chi connectivity index (χ4v) is 2.34. The largest absolute Gasteiger partial charge is 0.338 e. The fourth-order valence-electron chi connectivity index (χ4n) is 2.34. The topological polar surface area (TPSA) is 41.1 Å². The van der Waals surface area contributed by atoms with Crippen molar-refractivity contribution in [1.82, 2.24) is 15.3 Å². The third kappa shape index (κ3) is 2.58. The highest BCUT2D eigenvalue weighted by Crippen LogP contribution is 2.22. The Morgan fingerprint density at radius 2 is 1.84 bits per heavy atom. The molecule has 0 unspecified atom stereocenters. The molecule has 4 heteroatoms. The van der Waals surface area contributed by atoms with Crippen molar-refractivity contribution >= 4 is 5.95 Å². The van der Waals surface area contributed by atoms with E-state index in [0.717, 1.165) is 48.9 Å². The maximum Gasteiger partial charge on any atom is 0.225 e. The predicted molar refractivity (Wildman–Crippen MR) is 77.3 cm³/mol. The molecule has 1 fully saturated rings. The van der Waals surface area contributed by atoms with E-state index in [9.17, 15) is 0 Å². The summed E-state index contributed by atoms with van der Waals surface area (Å²) in [6, 6.07) is 10.3. The molecule has 1 aromatic heterocycles. The van der Waals surface area contributed by atoms with Crippen molar-refractivity contribution in [1.29, 1.82) is 0 Å². The van der Waals surface area contributed by atoms with Crippen LogP contribution in [-0.4, -0.2) is 36.1 Å². The van der Waals surface area contributed by atoms with E-state index in [1.54, 1.807) is 0 Å². The fraction of sp³-hybridized carbons (Fsp3) is 0.333. The van der Waals surface area contributed by atoms with Crippen LogP contribution in [0.1, 0.15) is 5.56 Å². The molecule has 2 heterocycles. The van der Waals surface area contributed by atoms with Crippen LogP contribution >= 0.6 is 0 Å². The van der Waals surface area contributed by atoms with E-state index in [4.69, 9.17) is 4.98 Å². The summed E-state index contributed by atoms with van der Waals surface area (Å²) in [4.78, 5) is 11.5. The van der Waals surface area contributed by atoms with Crippen LogP contribution in [0.3, 0.4) is 0 Å². The molecule has 0 saturated carbocycles. The molecule has 1 N–H and O–H groups in total. The van der Waals surface area contributed by atoms with E-state index in [-0.39, 0.29) is 0 Å². The lowest BCUT2D eigenvalue weighted by atomic mass is 10.1. The highest BCUT2D eigenvalue weighted by atomic mass is 15.3. The van der Waals surface area contributed by atoms with Gasteiger partial charge in [0, 0.05) is 37.9 Å². The lowest BCUT2D eigenvalue weighted by Gasteiger charge is -2.27. The summed E-state index contributed by atoms with van der Waals surface area (Å²) in [7, 11) is 0. The summed E-state index contributed by atoms with van der Waals surface area (Å²) < 4.78 is 0. The molecule has 19 heavy (non-hydrogen) atoms. The molecule has 0 aliphatic carbocycles. The number of aromatic nitrogens is 2. The van der Waals surface area contributed by atoms with E-state index in [1.807, 2.05) is 24.4 Å². The van der Waals surface area contributed by atoms with E-state index >= 15 is 0 Å². The van der Waals surface area contributed by atoms with Crippen molar-refractivity contribution in [2.75, 3.05) is 31.1 Å². The van der Waals surface area contributed by atoms with Gasteiger partial charge in [-0.1, -0.05) is 30.3 Å². The summed E-state index contributed by atoms with van der Waals surface area (Å²) in [5.41, 5.74) is 3.30. The van der Waals surface area contributed by atoms with Crippen LogP contribution in [0, 0.1) is 6.92 Å². The van der Waals surface area contributed by atoms with Crippen LogP contribution in [0.5, 0.6) is 0 Å². The molecule has 1 aromatic carbocycles. The average molecular weight is 254 g/mol. The van der Waals surface area contributed by atoms with Crippen LogP contribution in [-0.2, 0) is 0 Å². The van der Waals surface area contributed by atoms with Crippen LogP contribution in [0.2, 0.25) is 0 Å². The van der Waals surface area contributed by atoms with Crippen molar-refractivity contribution in [3.8, 4) is 11.3 Å². The van der Waals surface area contributed by atoms with Crippen molar-refractivity contribution in [3.63, 3.8) is 0 Å². The Hall–Kier alpha value is -1.94. The Labute approximate surface area is 113 Å². The van der Waals surface area contributed by atoms with Gasteiger partial charge in [0.1, 0.15) is 0 Å². The standard InChI is InChI=1S/C15H18N4/c1-12-11-17-15(19-9-7-16-8-10-19)18-14(12)13-5-3-2-4-6-13/h2-6,11,16H,7-10H2,1H3. The number of nitrogens with zero attached hydrogens (tertiary/aromatic N) is 3. The first-order valence-electron chi connectivity index (χ1n) is 6.69. The SMILES string of the molecule is Cc1cnc(N2CCNCC2)nc1-c1ccccc1. The first-order valence-corrected chi connectivity index (χ1v) is 6.69. The number of hydrogen-bond acceptors (Lipinski definition) is 4. The Morgan fingerprint density at radius 1 is 1.11 bits per heavy atom. The van der Waals surface area contributed by atoms with Gasteiger partial charge in [0.05, 0.1) is 5.69 Å². The Morgan fingerprint density at radius 3 is 2.58 bits per heavy atom. The number of benzene rings is 1. The van der Waals surface area contributed by atoms with Gasteiger partial charge >= 0.3 is 0 Å². The number of nitrogens with one attached hydrogen (secondary N) is 1. The van der Waals surface area contributed by atoms with Gasteiger partial charge in [-0.3, -0.25) is 0 Å². The van der Waals surface area contributed by atoms with Crippen LogP contribution in [0.25, 0.3) is 11.3 Å². The number of hydrogen-bond donors (Lipinski definition) is 1. The van der Waals surface area contributed by atoms with Crippen LogP contribution < -0.4 is 10.2 Å². The minimum absolute atomic E-state index is 0.839. The minimum atomic E-state index is 0.839. The van der Waals surface area contributed by atoms with E-state index in [0.29, 0.717) is 0 Å². The first kappa shape index (κ1) is 12.1. The van der Waals surface area contributed by atoms with Crippen molar-refractivity contribution in [3.05, 3.63) is 42.1 Å². The molecule has 3 rings (SSSR count). The van der Waals surface area contributed by atoms with Crippen LogP contribution in [0.15, 0.2) is 36.5 Å². The van der Waals surface area contributed by atoms with E-state index < -0.39 is 0 Å². The second kappa shape index (κ2) is 5.36. The number of aryl methyl sites for hydroxylation is 1. The van der Waals surface area contributed by atoms with Gasteiger partial charge < -0.3 is 10.2 Å². The summed E-state index contributed by atoms with van der Waals surface area (Å²) in [6.45, 7) is 5.99. The molecular weight excluding hydrogens is 236 g/mol. The molecule has 0 bridgehead atoms. The maximum absolute atomic E-state index is 4.75. The molecule has 1 aliphatic heterocycles. The third-order valence-electron chi connectivity index (χ3n) is 3.41. The van der Waals surface area contributed by atoms with Gasteiger partial charge in [0.25, 0.3) is 0 Å². The lowest BCUT2D eigenvalue weighted by Crippen LogP contribution is -2.44. The predicted octanol–water partition coefficient (Wildman–Crippen LogP) is 1.86. The molecule has 0 amide bonds. The smallest absolute Gasteiger partial charge is 0.225 e. The zero-order chi connectivity index (χ0) is 13.1. The van der Waals surface area contributed by atoms with Gasteiger partial charge in [-0.25, -0.2) is 9.97 Å². The quantitative estimate of drug-likeness (QED) is 0.888. The van der Waals surface area contributed by atoms with Gasteiger partial charge in [-0.05, 0) is 12.5 Å². The zero-order valence-electron chi connectivity index (χ0n) is 11.1. The lowest BCUT2D eigenvalue weighted by molar-refractivity contribution is 0.580. The molecule has 1 saturated heterocycles. The first-order chi connectivity index (χ1) is 9.34. The van der Waals surface area contributed by atoms with Crippen molar-refractivity contribution in [2.45, 2.75) is 6.92 Å². The molecule has 0 radical (unpaired) electrons. The second-order valence-electron chi connectivity index (χ2n) is 4.80. The third-order valence-corrected chi connectivity index (χ3v) is 3.41. The van der Waals surface area contributed by atoms with Gasteiger partial charge in [0.15, 0.2) is 0 Å². The Balaban J connectivity index is 1.96. The minimum Gasteiger partial charge on any atom is -0.338 e. The van der Waals surface area contributed by atoms with Gasteiger partial charge in [0.2, 0.25) is 5.95 Å². The highest BCUT2D eigenvalue weighted by Gasteiger charge is 2.14. The highest BCUT2D eigenvalue weighted by molar-refractivity contribution is 5.63. The zero-order valence-corrected chi connectivity index (χ0v) is 11.1. The monoisotopic (exact) mass is 254 g/mol. The summed E-state index contributed by atoms with van der Waals surface area (Å²) in [5.74, 6) is 0.839. The molecule has 0 spiro atoms. The molecule has 2 aromatic rings. The molecule has 4 nitrogen and oxygen atoms in total. The summed E-state index contributed by atoms with van der Waals surface area (Å²) in [5, 5.41) is 3.34. The normalized spacial score (nSPS) is 15.5. The van der Waals surface area contributed by atoms with E-state index in [1.165, 1.54) is 0 Å². The number of anilines is 1. The second-order valence-corrected chi connectivity index (χ2v) is 4.80. The Kier molecular flexibility index (Phi) is 3.42.